The molecule has 4 heteroatoms. The largest absolute Gasteiger partial charge is 0.460 e. The summed E-state index contributed by atoms with van der Waals surface area (Å²) in [5.74, 6) is -0.313. The van der Waals surface area contributed by atoms with E-state index in [1.807, 2.05) is 20.0 Å². The van der Waals surface area contributed by atoms with Crippen LogP contribution in [0, 0.1) is 0 Å². The van der Waals surface area contributed by atoms with Crippen molar-refractivity contribution in [3.63, 3.8) is 0 Å². The molecule has 0 aliphatic carbocycles. The van der Waals surface area contributed by atoms with Crippen molar-refractivity contribution in [2.75, 3.05) is 0 Å². The first-order chi connectivity index (χ1) is 13.3. The minimum absolute atomic E-state index is 0.00875. The van der Waals surface area contributed by atoms with Crippen molar-refractivity contribution in [3.05, 3.63) is 12.7 Å². The van der Waals surface area contributed by atoms with Gasteiger partial charge >= 0.3 is 5.97 Å². The van der Waals surface area contributed by atoms with E-state index in [1.54, 1.807) is 0 Å². The summed E-state index contributed by atoms with van der Waals surface area (Å²) in [6.07, 6.45) is 21.7. The molecule has 0 aliphatic rings. The Morgan fingerprint density at radius 2 is 1.18 bits per heavy atom. The number of hydrogen-bond acceptors (Lipinski definition) is 2. The smallest absolute Gasteiger partial charge is 0.330 e. The summed E-state index contributed by atoms with van der Waals surface area (Å²) in [7, 11) is -2.30. The molecule has 1 unspecified atom stereocenters. The fourth-order valence-electron chi connectivity index (χ4n) is 3.58. The zero-order valence-electron chi connectivity index (χ0n) is 19.1. The first kappa shape index (κ1) is 27.4. The van der Waals surface area contributed by atoms with E-state index in [0.717, 1.165) is 25.3 Å². The van der Waals surface area contributed by atoms with Gasteiger partial charge in [-0.2, -0.15) is 0 Å². The number of carbonyl (C=O) groups is 1. The predicted molar refractivity (Wildman–Crippen MR) is 123 cm³/mol. The maximum Gasteiger partial charge on any atom is 0.330 e. The summed E-state index contributed by atoms with van der Waals surface area (Å²) >= 11 is 0. The van der Waals surface area contributed by atoms with Gasteiger partial charge in [0.1, 0.15) is 0 Å². The van der Waals surface area contributed by atoms with Gasteiger partial charge in [-0.25, -0.2) is 4.79 Å². The van der Waals surface area contributed by atoms with E-state index in [4.69, 9.17) is 4.74 Å². The fraction of sp³-hybridized carbons (Fsp3) is 0.875. The zero-order valence-corrected chi connectivity index (χ0v) is 20.1. The van der Waals surface area contributed by atoms with Crippen LogP contribution in [-0.4, -0.2) is 20.5 Å². The molecular weight excluding hydrogens is 367 g/mol. The van der Waals surface area contributed by atoms with E-state index in [1.165, 1.54) is 89.5 Å². The molecule has 28 heavy (non-hydrogen) atoms. The lowest BCUT2D eigenvalue weighted by Gasteiger charge is -2.11. The Hall–Kier alpha value is -0.643. The highest BCUT2D eigenvalue weighted by Crippen LogP contribution is 2.18. The molecule has 2 nitrogen and oxygen atoms in total. The van der Waals surface area contributed by atoms with Gasteiger partial charge in [0.05, 0.1) is 6.10 Å². The molecule has 0 saturated heterocycles. The molecule has 0 amide bonds. The first-order valence-electron chi connectivity index (χ1n) is 11.9. The van der Waals surface area contributed by atoms with Crippen molar-refractivity contribution in [3.8, 4) is 0 Å². The van der Waals surface area contributed by atoms with Crippen molar-refractivity contribution in [1.82, 2.24) is 0 Å². The van der Waals surface area contributed by atoms with Gasteiger partial charge < -0.3 is 8.84 Å². The van der Waals surface area contributed by atoms with Crippen LogP contribution in [0.3, 0.4) is 0 Å². The number of carbonyl (C=O) groups excluding carboxylic acids is 1. The minimum atomic E-state index is -2.30. The van der Waals surface area contributed by atoms with Gasteiger partial charge in [-0.3, -0.25) is 0 Å². The van der Waals surface area contributed by atoms with Gasteiger partial charge in [-0.15, -0.1) is 0 Å². The van der Waals surface area contributed by atoms with Crippen molar-refractivity contribution < 1.29 is 13.6 Å². The Balaban J connectivity index is 3.16. The molecule has 0 aliphatic heterocycles. The molecule has 0 aromatic carbocycles. The molecule has 0 rings (SSSR count). The van der Waals surface area contributed by atoms with Crippen molar-refractivity contribution in [1.29, 1.82) is 0 Å². The van der Waals surface area contributed by atoms with E-state index in [2.05, 4.69) is 6.58 Å². The molecule has 0 radical (unpaired) electrons. The normalized spacial score (nSPS) is 12.7. The van der Waals surface area contributed by atoms with Crippen LogP contribution < -0.4 is 0 Å². The SMILES string of the molecule is C=CC(=O)OC(C)CCCCCCCCCCCCCCCCC[Si](C)(C)F. The second-order valence-corrected chi connectivity index (χ2v) is 12.9. The Labute approximate surface area is 175 Å². The maximum absolute atomic E-state index is 13.5. The Morgan fingerprint density at radius 3 is 1.54 bits per heavy atom. The maximum atomic E-state index is 13.5. The van der Waals surface area contributed by atoms with E-state index in [-0.39, 0.29) is 12.1 Å². The summed E-state index contributed by atoms with van der Waals surface area (Å²) in [5.41, 5.74) is 0. The van der Waals surface area contributed by atoms with Gasteiger partial charge in [0.2, 0.25) is 8.41 Å². The van der Waals surface area contributed by atoms with E-state index >= 15 is 0 Å². The lowest BCUT2D eigenvalue weighted by atomic mass is 10.0. The molecule has 0 saturated carbocycles. The number of halogens is 1. The van der Waals surface area contributed by atoms with Crippen LogP contribution in [0.15, 0.2) is 12.7 Å². The third-order valence-corrected chi connectivity index (χ3v) is 6.91. The summed E-state index contributed by atoms with van der Waals surface area (Å²) < 4.78 is 18.6. The Morgan fingerprint density at radius 1 is 0.821 bits per heavy atom. The van der Waals surface area contributed by atoms with Crippen molar-refractivity contribution in [2.24, 2.45) is 0 Å². The Kier molecular flexibility index (Phi) is 18.0. The highest BCUT2D eigenvalue weighted by molar-refractivity contribution is 6.70. The zero-order chi connectivity index (χ0) is 21.1. The van der Waals surface area contributed by atoms with Crippen LogP contribution in [0.5, 0.6) is 0 Å². The van der Waals surface area contributed by atoms with Crippen LogP contribution in [0.2, 0.25) is 19.1 Å². The molecule has 166 valence electrons. The predicted octanol–water partition coefficient (Wildman–Crippen LogP) is 8.52. The Bertz CT molecular complexity index is 379. The van der Waals surface area contributed by atoms with Gasteiger partial charge in [-0.1, -0.05) is 96.5 Å². The molecule has 0 bridgehead atoms. The molecule has 0 spiro atoms. The average Bonchev–Trinajstić information content (AvgIpc) is 2.63. The third kappa shape index (κ3) is 21.7. The number of esters is 1. The molecular formula is C24H47FO2Si. The van der Waals surface area contributed by atoms with Gasteiger partial charge in [0, 0.05) is 6.08 Å². The molecule has 0 aromatic rings. The van der Waals surface area contributed by atoms with Crippen LogP contribution in [0.25, 0.3) is 0 Å². The van der Waals surface area contributed by atoms with Crippen LogP contribution >= 0.6 is 0 Å². The third-order valence-electron chi connectivity index (χ3n) is 5.37. The quantitative estimate of drug-likeness (QED) is 0.0656. The molecule has 0 aromatic heterocycles. The molecule has 1 atom stereocenters. The summed E-state index contributed by atoms with van der Waals surface area (Å²) in [5, 5.41) is 0. The average molecular weight is 415 g/mol. The van der Waals surface area contributed by atoms with E-state index in [0.29, 0.717) is 0 Å². The monoisotopic (exact) mass is 414 g/mol. The molecule has 0 N–H and O–H groups in total. The molecule has 0 fully saturated rings. The lowest BCUT2D eigenvalue weighted by Crippen LogP contribution is -2.16. The van der Waals surface area contributed by atoms with Crippen molar-refractivity contribution >= 4 is 14.4 Å². The van der Waals surface area contributed by atoms with Gasteiger partial charge in [0.25, 0.3) is 0 Å². The lowest BCUT2D eigenvalue weighted by molar-refractivity contribution is -0.142. The number of ether oxygens (including phenoxy) is 1. The second kappa shape index (κ2) is 18.4. The minimum Gasteiger partial charge on any atom is -0.460 e. The highest BCUT2D eigenvalue weighted by atomic mass is 28.4. The van der Waals surface area contributed by atoms with E-state index < -0.39 is 8.41 Å². The summed E-state index contributed by atoms with van der Waals surface area (Å²) in [4.78, 5) is 11.1. The van der Waals surface area contributed by atoms with Crippen LogP contribution in [0.4, 0.5) is 4.11 Å². The number of unbranched alkanes of at least 4 members (excludes halogenated alkanes) is 14. The first-order valence-corrected chi connectivity index (χ1v) is 15.0. The summed E-state index contributed by atoms with van der Waals surface area (Å²) in [6, 6.07) is 0.845. The fourth-order valence-corrected chi connectivity index (χ4v) is 4.67. The van der Waals surface area contributed by atoms with Crippen molar-refractivity contribution in [2.45, 2.75) is 135 Å². The van der Waals surface area contributed by atoms with Crippen LogP contribution in [0.1, 0.15) is 110 Å². The van der Waals surface area contributed by atoms with Gasteiger partial charge in [0.15, 0.2) is 0 Å². The van der Waals surface area contributed by atoms with Crippen LogP contribution in [-0.2, 0) is 9.53 Å². The number of hydrogen-bond donors (Lipinski definition) is 0. The topological polar surface area (TPSA) is 26.3 Å². The van der Waals surface area contributed by atoms with Gasteiger partial charge in [-0.05, 0) is 38.9 Å². The highest BCUT2D eigenvalue weighted by Gasteiger charge is 2.18. The van der Waals surface area contributed by atoms with E-state index in [9.17, 15) is 8.90 Å². The standard InChI is InChI=1S/C24H47FO2Si/c1-5-24(26)27-23(2)21-19-17-15-13-11-9-7-6-8-10-12-14-16-18-20-22-28(3,4)25/h5,23H,1,6-22H2,2-4H3. The molecule has 0 heterocycles. The summed E-state index contributed by atoms with van der Waals surface area (Å²) in [6.45, 7) is 9.01. The number of rotatable bonds is 20. The second-order valence-electron chi connectivity index (χ2n) is 9.01.